The van der Waals surface area contributed by atoms with E-state index in [1.54, 1.807) is 24.4 Å². The van der Waals surface area contributed by atoms with Gasteiger partial charge in [-0.15, -0.1) is 0 Å². The highest BCUT2D eigenvalue weighted by atomic mass is 32.2. The van der Waals surface area contributed by atoms with Crippen molar-refractivity contribution in [3.63, 3.8) is 0 Å². The monoisotopic (exact) mass is 253 g/mol. The molecule has 0 aromatic heterocycles. The standard InChI is InChI=1S/C12H15NO3S/c14-9-11(5-4-6-11)12(10-17(15)16)7-2-1-3-8-13-12/h1-3,7-9H,4-6,10H2,(H,15,16). The van der Waals surface area contributed by atoms with Crippen LogP contribution in [-0.4, -0.2) is 32.6 Å². The van der Waals surface area contributed by atoms with E-state index in [-0.39, 0.29) is 5.75 Å². The maximum absolute atomic E-state index is 11.4. The molecule has 17 heavy (non-hydrogen) atoms. The van der Waals surface area contributed by atoms with Gasteiger partial charge in [0.05, 0.1) is 11.2 Å². The molecule has 2 rings (SSSR count). The van der Waals surface area contributed by atoms with E-state index >= 15 is 0 Å². The zero-order valence-electron chi connectivity index (χ0n) is 9.41. The van der Waals surface area contributed by atoms with Crippen molar-refractivity contribution < 1.29 is 13.6 Å². The molecule has 0 aromatic rings. The highest BCUT2D eigenvalue weighted by molar-refractivity contribution is 7.79. The van der Waals surface area contributed by atoms with Crippen molar-refractivity contribution in [3.8, 4) is 0 Å². The Morgan fingerprint density at radius 2 is 2.12 bits per heavy atom. The van der Waals surface area contributed by atoms with Crippen LogP contribution in [0.25, 0.3) is 0 Å². The van der Waals surface area contributed by atoms with E-state index < -0.39 is 22.0 Å². The van der Waals surface area contributed by atoms with Gasteiger partial charge in [-0.05, 0) is 18.9 Å². The molecule has 0 aromatic carbocycles. The van der Waals surface area contributed by atoms with Crippen molar-refractivity contribution in [2.75, 3.05) is 5.75 Å². The molecule has 1 heterocycles. The van der Waals surface area contributed by atoms with E-state index in [2.05, 4.69) is 4.99 Å². The number of nitrogens with zero attached hydrogens (tertiary/aromatic N) is 1. The molecule has 1 aliphatic carbocycles. The fraction of sp³-hybridized carbons (Fsp3) is 0.500. The molecule has 2 unspecified atom stereocenters. The molecule has 1 fully saturated rings. The van der Waals surface area contributed by atoms with Crippen molar-refractivity contribution in [1.29, 1.82) is 0 Å². The van der Waals surface area contributed by atoms with Gasteiger partial charge in [0, 0.05) is 6.21 Å². The number of carbonyl (C=O) groups is 1. The van der Waals surface area contributed by atoms with E-state index in [9.17, 15) is 9.00 Å². The van der Waals surface area contributed by atoms with Crippen molar-refractivity contribution >= 4 is 23.6 Å². The van der Waals surface area contributed by atoms with Crippen LogP contribution < -0.4 is 0 Å². The third-order valence-corrected chi connectivity index (χ3v) is 4.35. The average Bonchev–Trinajstić information content (AvgIpc) is 2.42. The van der Waals surface area contributed by atoms with Crippen molar-refractivity contribution in [2.24, 2.45) is 10.4 Å². The van der Waals surface area contributed by atoms with Crippen LogP contribution in [0.15, 0.2) is 29.3 Å². The molecule has 1 aliphatic heterocycles. The summed E-state index contributed by atoms with van der Waals surface area (Å²) < 4.78 is 20.3. The summed E-state index contributed by atoms with van der Waals surface area (Å²) in [7, 11) is 0. The summed E-state index contributed by atoms with van der Waals surface area (Å²) in [5, 5.41) is 0. The highest BCUT2D eigenvalue weighted by Gasteiger charge is 2.54. The zero-order valence-corrected chi connectivity index (χ0v) is 10.2. The Morgan fingerprint density at radius 1 is 1.35 bits per heavy atom. The fourth-order valence-corrected chi connectivity index (χ4v) is 3.30. The Balaban J connectivity index is 2.42. The van der Waals surface area contributed by atoms with Crippen LogP contribution >= 0.6 is 0 Å². The first-order chi connectivity index (χ1) is 8.14. The number of aliphatic imine (C=N–C) groups is 1. The van der Waals surface area contributed by atoms with Crippen LogP contribution in [0.5, 0.6) is 0 Å². The first-order valence-electron chi connectivity index (χ1n) is 5.58. The van der Waals surface area contributed by atoms with Gasteiger partial charge in [0.1, 0.15) is 11.8 Å². The topological polar surface area (TPSA) is 66.7 Å². The smallest absolute Gasteiger partial charge is 0.155 e. The van der Waals surface area contributed by atoms with Crippen LogP contribution in [0, 0.1) is 5.41 Å². The third-order valence-electron chi connectivity index (χ3n) is 3.66. The van der Waals surface area contributed by atoms with Crippen LogP contribution in [0.3, 0.4) is 0 Å². The summed E-state index contributed by atoms with van der Waals surface area (Å²) in [6.07, 6.45) is 12.1. The molecule has 5 heteroatoms. The van der Waals surface area contributed by atoms with Crippen molar-refractivity contribution in [1.82, 2.24) is 0 Å². The van der Waals surface area contributed by atoms with E-state index in [4.69, 9.17) is 4.55 Å². The highest BCUT2D eigenvalue weighted by Crippen LogP contribution is 2.50. The lowest BCUT2D eigenvalue weighted by molar-refractivity contribution is -0.123. The molecule has 4 nitrogen and oxygen atoms in total. The summed E-state index contributed by atoms with van der Waals surface area (Å²) in [5.41, 5.74) is -1.47. The second-order valence-corrected chi connectivity index (χ2v) is 5.47. The number of rotatable bonds is 4. The minimum Gasteiger partial charge on any atom is -0.306 e. The van der Waals surface area contributed by atoms with Gasteiger partial charge in [-0.1, -0.05) is 24.6 Å². The van der Waals surface area contributed by atoms with Crippen molar-refractivity contribution in [2.45, 2.75) is 24.8 Å². The van der Waals surface area contributed by atoms with Crippen LogP contribution in [0.4, 0.5) is 0 Å². The van der Waals surface area contributed by atoms with Gasteiger partial charge in [0.15, 0.2) is 11.1 Å². The third kappa shape index (κ3) is 2.05. The van der Waals surface area contributed by atoms with Gasteiger partial charge in [-0.3, -0.25) is 4.99 Å². The molecular formula is C12H15NO3S. The molecule has 92 valence electrons. The average molecular weight is 253 g/mol. The number of hydrogen-bond donors (Lipinski definition) is 1. The Kier molecular flexibility index (Phi) is 3.40. The molecule has 0 spiro atoms. The van der Waals surface area contributed by atoms with E-state index in [1.807, 2.05) is 6.08 Å². The first-order valence-corrected chi connectivity index (χ1v) is 6.85. The van der Waals surface area contributed by atoms with E-state index in [1.165, 1.54) is 0 Å². The van der Waals surface area contributed by atoms with Crippen LogP contribution in [-0.2, 0) is 15.9 Å². The molecule has 0 saturated heterocycles. The minimum absolute atomic E-state index is 0.0274. The normalized spacial score (nSPS) is 31.6. The van der Waals surface area contributed by atoms with Gasteiger partial charge in [-0.25, -0.2) is 4.21 Å². The lowest BCUT2D eigenvalue weighted by atomic mass is 9.58. The molecule has 1 N–H and O–H groups in total. The molecule has 2 aliphatic rings. The van der Waals surface area contributed by atoms with Gasteiger partial charge >= 0.3 is 0 Å². The summed E-state index contributed by atoms with van der Waals surface area (Å²) in [6.45, 7) is 0. The zero-order chi connectivity index (χ0) is 12.4. The fourth-order valence-electron chi connectivity index (χ4n) is 2.47. The van der Waals surface area contributed by atoms with Gasteiger partial charge < -0.3 is 9.35 Å². The first kappa shape index (κ1) is 12.4. The molecule has 2 atom stereocenters. The summed E-state index contributed by atoms with van der Waals surface area (Å²) in [6, 6.07) is 0. The number of carbonyl (C=O) groups excluding carboxylic acids is 1. The second-order valence-electron chi connectivity index (χ2n) is 4.54. The summed E-state index contributed by atoms with van der Waals surface area (Å²) in [4.78, 5) is 15.8. The number of hydrogen-bond acceptors (Lipinski definition) is 3. The summed E-state index contributed by atoms with van der Waals surface area (Å²) >= 11 is -1.98. The minimum atomic E-state index is -1.98. The molecular weight excluding hydrogens is 238 g/mol. The van der Waals surface area contributed by atoms with E-state index in [0.717, 1.165) is 25.5 Å². The van der Waals surface area contributed by atoms with Crippen molar-refractivity contribution in [3.05, 3.63) is 24.3 Å². The van der Waals surface area contributed by atoms with Gasteiger partial charge in [0.2, 0.25) is 0 Å². The lowest BCUT2D eigenvalue weighted by Crippen LogP contribution is -2.54. The predicted octanol–water partition coefficient (Wildman–Crippen LogP) is 1.51. The van der Waals surface area contributed by atoms with E-state index in [0.29, 0.717) is 0 Å². The Labute approximate surface area is 103 Å². The largest absolute Gasteiger partial charge is 0.306 e. The maximum atomic E-state index is 11.4. The predicted molar refractivity (Wildman–Crippen MR) is 67.5 cm³/mol. The Bertz CT molecular complexity index is 405. The summed E-state index contributed by atoms with van der Waals surface area (Å²) in [5.74, 6) is -0.0274. The number of allylic oxidation sites excluding steroid dienone is 3. The second kappa shape index (κ2) is 4.66. The van der Waals surface area contributed by atoms with Crippen LogP contribution in [0.1, 0.15) is 19.3 Å². The molecule has 1 saturated carbocycles. The van der Waals surface area contributed by atoms with Crippen LogP contribution in [0.2, 0.25) is 0 Å². The van der Waals surface area contributed by atoms with Gasteiger partial charge in [0.25, 0.3) is 0 Å². The molecule has 0 radical (unpaired) electrons. The number of aldehydes is 1. The quantitative estimate of drug-likeness (QED) is 0.610. The Morgan fingerprint density at radius 3 is 2.65 bits per heavy atom. The van der Waals surface area contributed by atoms with Gasteiger partial charge in [-0.2, -0.15) is 0 Å². The molecule has 0 amide bonds. The Hall–Kier alpha value is -1.07. The molecule has 0 bridgehead atoms. The SMILES string of the molecule is O=CC1(C2(CS(=O)O)C=CC=CC=N2)CCC1. The maximum Gasteiger partial charge on any atom is 0.155 e. The lowest BCUT2D eigenvalue weighted by Gasteiger charge is -2.48.